The Morgan fingerprint density at radius 2 is 2.06 bits per heavy atom. The normalized spacial score (nSPS) is 10.6. The summed E-state index contributed by atoms with van der Waals surface area (Å²) in [5, 5.41) is 15.8. The monoisotopic (exact) mass is 250 g/mol. The quantitative estimate of drug-likeness (QED) is 0.627. The van der Waals surface area contributed by atoms with Crippen LogP contribution >= 0.6 is 12.2 Å². The van der Waals surface area contributed by atoms with Crippen LogP contribution in [0.5, 0.6) is 0 Å². The molecule has 0 spiro atoms. The molecule has 0 bridgehead atoms. The summed E-state index contributed by atoms with van der Waals surface area (Å²) in [5.74, 6) is 0.815. The van der Waals surface area contributed by atoms with Gasteiger partial charge in [-0.05, 0) is 37.2 Å². The van der Waals surface area contributed by atoms with E-state index < -0.39 is 0 Å². The smallest absolute Gasteiger partial charge is 0.195 e. The van der Waals surface area contributed by atoms with Crippen LogP contribution in [-0.2, 0) is 6.54 Å². The summed E-state index contributed by atoms with van der Waals surface area (Å²) in [6.07, 6.45) is 5.10. The van der Waals surface area contributed by atoms with Gasteiger partial charge in [0.05, 0.1) is 0 Å². The molecule has 0 aliphatic heterocycles. The Kier molecular flexibility index (Phi) is 4.00. The largest absolute Gasteiger partial charge is 0.396 e. The van der Waals surface area contributed by atoms with Gasteiger partial charge in [-0.3, -0.25) is 10.1 Å². The summed E-state index contributed by atoms with van der Waals surface area (Å²) in [6, 6.07) is 3.79. The zero-order valence-electron chi connectivity index (χ0n) is 9.33. The van der Waals surface area contributed by atoms with Gasteiger partial charge in [0.1, 0.15) is 0 Å². The van der Waals surface area contributed by atoms with Crippen LogP contribution in [-0.4, -0.2) is 31.5 Å². The molecule has 0 atom stereocenters. The number of nitrogens with one attached hydrogen (secondary N) is 1. The van der Waals surface area contributed by atoms with Crippen molar-refractivity contribution in [2.45, 2.75) is 19.4 Å². The molecular formula is C11H14N4OS. The Labute approximate surface area is 104 Å². The van der Waals surface area contributed by atoms with Crippen molar-refractivity contribution in [2.24, 2.45) is 0 Å². The highest BCUT2D eigenvalue weighted by Crippen LogP contribution is 2.16. The molecule has 2 rings (SSSR count). The van der Waals surface area contributed by atoms with Gasteiger partial charge in [0, 0.05) is 31.1 Å². The molecule has 0 aromatic carbocycles. The summed E-state index contributed by atoms with van der Waals surface area (Å²) >= 11 is 5.19. The molecule has 0 radical (unpaired) electrons. The lowest BCUT2D eigenvalue weighted by atomic mass is 10.2. The van der Waals surface area contributed by atoms with Gasteiger partial charge in [0.2, 0.25) is 0 Å². The van der Waals surface area contributed by atoms with E-state index in [0.29, 0.717) is 4.77 Å². The van der Waals surface area contributed by atoms with Crippen molar-refractivity contribution in [3.05, 3.63) is 29.3 Å². The van der Waals surface area contributed by atoms with E-state index in [9.17, 15) is 0 Å². The minimum Gasteiger partial charge on any atom is -0.396 e. The average Bonchev–Trinajstić information content (AvgIpc) is 2.73. The lowest BCUT2D eigenvalue weighted by Crippen LogP contribution is -2.02. The van der Waals surface area contributed by atoms with Crippen LogP contribution in [0.25, 0.3) is 11.4 Å². The molecule has 2 aromatic rings. The second kappa shape index (κ2) is 5.70. The molecule has 6 heteroatoms. The molecule has 2 N–H and O–H groups in total. The fourth-order valence-corrected chi connectivity index (χ4v) is 1.85. The van der Waals surface area contributed by atoms with Crippen molar-refractivity contribution in [2.75, 3.05) is 6.61 Å². The molecule has 0 aliphatic rings. The van der Waals surface area contributed by atoms with Crippen molar-refractivity contribution < 1.29 is 5.11 Å². The van der Waals surface area contributed by atoms with E-state index in [1.807, 2.05) is 16.7 Å². The molecular weight excluding hydrogens is 236 g/mol. The number of pyridine rings is 1. The number of hydrogen-bond acceptors (Lipinski definition) is 4. The number of hydrogen-bond donors (Lipinski definition) is 2. The standard InChI is InChI=1S/C11H14N4OS/c16-8-2-1-7-15-10(13-14-11(15)17)9-3-5-12-6-4-9/h3-6,16H,1-2,7-8H2,(H,14,17). The van der Waals surface area contributed by atoms with Gasteiger partial charge in [-0.15, -0.1) is 0 Å². The molecule has 17 heavy (non-hydrogen) atoms. The number of aromatic nitrogens is 4. The Morgan fingerprint density at radius 1 is 1.29 bits per heavy atom. The van der Waals surface area contributed by atoms with E-state index in [4.69, 9.17) is 17.3 Å². The minimum absolute atomic E-state index is 0.204. The number of unbranched alkanes of at least 4 members (excludes halogenated alkanes) is 1. The number of aliphatic hydroxyl groups is 1. The lowest BCUT2D eigenvalue weighted by molar-refractivity contribution is 0.281. The molecule has 0 saturated carbocycles. The number of aromatic amines is 1. The Balaban J connectivity index is 2.26. The molecule has 90 valence electrons. The maximum Gasteiger partial charge on any atom is 0.195 e. The zero-order valence-corrected chi connectivity index (χ0v) is 10.2. The second-order valence-corrected chi connectivity index (χ2v) is 4.06. The van der Waals surface area contributed by atoms with Gasteiger partial charge < -0.3 is 9.67 Å². The summed E-state index contributed by atoms with van der Waals surface area (Å²) in [4.78, 5) is 3.98. The lowest BCUT2D eigenvalue weighted by Gasteiger charge is -2.05. The van der Waals surface area contributed by atoms with Crippen LogP contribution < -0.4 is 0 Å². The van der Waals surface area contributed by atoms with Gasteiger partial charge in [-0.1, -0.05) is 0 Å². The molecule has 0 saturated heterocycles. The van der Waals surface area contributed by atoms with E-state index in [0.717, 1.165) is 30.8 Å². The fraction of sp³-hybridized carbons (Fsp3) is 0.364. The van der Waals surface area contributed by atoms with Gasteiger partial charge in [-0.2, -0.15) is 5.10 Å². The molecule has 0 aliphatic carbocycles. The van der Waals surface area contributed by atoms with E-state index in [1.54, 1.807) is 12.4 Å². The van der Waals surface area contributed by atoms with Gasteiger partial charge in [0.25, 0.3) is 0 Å². The number of nitrogens with zero attached hydrogens (tertiary/aromatic N) is 3. The number of aliphatic hydroxyl groups excluding tert-OH is 1. The molecule has 2 aromatic heterocycles. The first-order chi connectivity index (χ1) is 8.33. The molecule has 0 unspecified atom stereocenters. The van der Waals surface area contributed by atoms with E-state index >= 15 is 0 Å². The third-order valence-electron chi connectivity index (χ3n) is 2.49. The highest BCUT2D eigenvalue weighted by molar-refractivity contribution is 7.71. The van der Waals surface area contributed by atoms with Crippen molar-refractivity contribution in [1.29, 1.82) is 0 Å². The van der Waals surface area contributed by atoms with Crippen LogP contribution in [0.3, 0.4) is 0 Å². The predicted octanol–water partition coefficient (Wildman–Crippen LogP) is 1.78. The van der Waals surface area contributed by atoms with E-state index in [2.05, 4.69) is 15.2 Å². The number of H-pyrrole nitrogens is 1. The molecule has 5 nitrogen and oxygen atoms in total. The Bertz CT molecular complexity index is 520. The summed E-state index contributed by atoms with van der Waals surface area (Å²) in [6.45, 7) is 0.962. The SMILES string of the molecule is OCCCCn1c(-c2ccncc2)n[nH]c1=S. The van der Waals surface area contributed by atoms with Crippen LogP contribution in [0.15, 0.2) is 24.5 Å². The van der Waals surface area contributed by atoms with Crippen molar-refractivity contribution in [3.63, 3.8) is 0 Å². The number of rotatable bonds is 5. The third kappa shape index (κ3) is 2.78. The van der Waals surface area contributed by atoms with Gasteiger partial charge in [0.15, 0.2) is 10.6 Å². The summed E-state index contributed by atoms with van der Waals surface area (Å²) < 4.78 is 2.55. The molecule has 0 amide bonds. The third-order valence-corrected chi connectivity index (χ3v) is 2.80. The predicted molar refractivity (Wildman–Crippen MR) is 67.0 cm³/mol. The first kappa shape index (κ1) is 11.9. The molecule has 0 fully saturated rings. The summed E-state index contributed by atoms with van der Waals surface area (Å²) in [5.41, 5.74) is 0.983. The average molecular weight is 250 g/mol. The Hall–Kier alpha value is -1.53. The van der Waals surface area contributed by atoms with Crippen molar-refractivity contribution in [1.82, 2.24) is 19.7 Å². The maximum absolute atomic E-state index is 8.78. The van der Waals surface area contributed by atoms with Crippen LogP contribution in [0, 0.1) is 4.77 Å². The van der Waals surface area contributed by atoms with Gasteiger partial charge in [-0.25, -0.2) is 0 Å². The zero-order chi connectivity index (χ0) is 12.1. The maximum atomic E-state index is 8.78. The summed E-state index contributed by atoms with van der Waals surface area (Å²) in [7, 11) is 0. The minimum atomic E-state index is 0.204. The van der Waals surface area contributed by atoms with E-state index in [-0.39, 0.29) is 6.61 Å². The first-order valence-electron chi connectivity index (χ1n) is 5.49. The Morgan fingerprint density at radius 3 is 2.76 bits per heavy atom. The highest BCUT2D eigenvalue weighted by Gasteiger charge is 2.07. The van der Waals surface area contributed by atoms with Crippen LogP contribution in [0.1, 0.15) is 12.8 Å². The topological polar surface area (TPSA) is 66.7 Å². The van der Waals surface area contributed by atoms with Crippen molar-refractivity contribution >= 4 is 12.2 Å². The van der Waals surface area contributed by atoms with Crippen molar-refractivity contribution in [3.8, 4) is 11.4 Å². The van der Waals surface area contributed by atoms with Crippen LogP contribution in [0.2, 0.25) is 0 Å². The fourth-order valence-electron chi connectivity index (χ4n) is 1.63. The van der Waals surface area contributed by atoms with E-state index in [1.165, 1.54) is 0 Å². The van der Waals surface area contributed by atoms with Crippen LogP contribution in [0.4, 0.5) is 0 Å². The molecule has 2 heterocycles. The second-order valence-electron chi connectivity index (χ2n) is 3.67. The first-order valence-corrected chi connectivity index (χ1v) is 5.90. The highest BCUT2D eigenvalue weighted by atomic mass is 32.1. The van der Waals surface area contributed by atoms with Gasteiger partial charge >= 0.3 is 0 Å².